The van der Waals surface area contributed by atoms with Gasteiger partial charge in [-0.1, -0.05) is 20.8 Å². The summed E-state index contributed by atoms with van der Waals surface area (Å²) >= 11 is 0.00694. The Labute approximate surface area is 258 Å². The van der Waals surface area contributed by atoms with Crippen LogP contribution >= 0.6 is 20.2 Å². The van der Waals surface area contributed by atoms with Crippen LogP contribution in [-0.4, -0.2) is 114 Å². The molecule has 0 amide bonds. The van der Waals surface area contributed by atoms with Crippen molar-refractivity contribution >= 4 is 44.1 Å². The molecular weight excluding hydrogens is 624 g/mol. The molecule has 0 N–H and O–H groups in total. The zero-order valence-electron chi connectivity index (χ0n) is 24.1. The molecule has 1 aliphatic rings. The molecule has 0 aromatic heterocycles. The molecule has 0 radical (unpaired) electrons. The molecule has 4 atom stereocenters. The third kappa shape index (κ3) is 23.0. The van der Waals surface area contributed by atoms with E-state index in [0.717, 1.165) is 0 Å². The molecule has 13 nitrogen and oxygen atoms in total. The van der Waals surface area contributed by atoms with Crippen molar-refractivity contribution in [2.24, 2.45) is 0 Å². The Morgan fingerprint density at radius 3 is 1.32 bits per heavy atom. The summed E-state index contributed by atoms with van der Waals surface area (Å²) in [6.07, 6.45) is 0.742. The summed E-state index contributed by atoms with van der Waals surface area (Å²) in [5, 5.41) is 23.0. The van der Waals surface area contributed by atoms with Gasteiger partial charge in [0.25, 0.3) is 0 Å². The molecule has 0 spiro atoms. The number of ether oxygens (including phenoxy) is 4. The Morgan fingerprint density at radius 2 is 0.951 bits per heavy atom. The third-order valence-electron chi connectivity index (χ3n) is 5.36. The van der Waals surface area contributed by atoms with E-state index >= 15 is 0 Å². The second-order valence-corrected chi connectivity index (χ2v) is 10.7. The van der Waals surface area contributed by atoms with Crippen molar-refractivity contribution in [3.63, 3.8) is 0 Å². The second kappa shape index (κ2) is 26.4. The summed E-state index contributed by atoms with van der Waals surface area (Å²) in [4.78, 5) is 46.5. The zero-order chi connectivity index (χ0) is 30.9. The minimum atomic E-state index is -0.473. The standard InChI is InChI=1S/C25H42N5O8.2ClH.Mn/c1-5-23(32)36-15-19-10-26-8-9-27-20(16-37-24(33)6-2)11-29-21(14-35-18(4)31)12-30-22(13-28-19)17-38-25(34)7-3;;;/h19-22H,5-17H2,1-4H3;2*1H;/q-5;;;+2/p-2/t19?,20-,21+,22-;;;/m1.../s1. The van der Waals surface area contributed by atoms with E-state index in [0.29, 0.717) is 19.6 Å². The average molecular weight is 666 g/mol. The van der Waals surface area contributed by atoms with E-state index < -0.39 is 30.1 Å². The average Bonchev–Trinajstić information content (AvgIpc) is 2.97. The molecule has 1 fully saturated rings. The number of esters is 4. The molecule has 1 saturated heterocycles. The molecule has 1 aliphatic heterocycles. The van der Waals surface area contributed by atoms with Gasteiger partial charge in [-0.3, -0.25) is 19.2 Å². The normalized spacial score (nSPS) is 22.5. The van der Waals surface area contributed by atoms with Gasteiger partial charge in [0.2, 0.25) is 0 Å². The van der Waals surface area contributed by atoms with Crippen LogP contribution in [0.2, 0.25) is 0 Å². The predicted molar refractivity (Wildman–Crippen MR) is 153 cm³/mol. The van der Waals surface area contributed by atoms with Crippen LogP contribution in [0.1, 0.15) is 47.0 Å². The van der Waals surface area contributed by atoms with Crippen molar-refractivity contribution in [2.45, 2.75) is 71.1 Å². The molecule has 16 heteroatoms. The molecule has 0 aromatic rings. The van der Waals surface area contributed by atoms with E-state index in [2.05, 4.69) is 26.6 Å². The van der Waals surface area contributed by atoms with E-state index in [-0.39, 0.29) is 96.4 Å². The van der Waals surface area contributed by atoms with Gasteiger partial charge >= 0.3 is 57.2 Å². The maximum atomic E-state index is 11.7. The topological polar surface area (TPSA) is 176 Å². The van der Waals surface area contributed by atoms with Crippen molar-refractivity contribution in [1.82, 2.24) is 0 Å². The predicted octanol–water partition coefficient (Wildman–Crippen LogP) is 4.14. The molecule has 241 valence electrons. The summed E-state index contributed by atoms with van der Waals surface area (Å²) in [7, 11) is 9.59. The first kappa shape index (κ1) is 39.8. The first-order chi connectivity index (χ1) is 19.7. The summed E-state index contributed by atoms with van der Waals surface area (Å²) < 4.78 is 21.0. The molecular formula is C25H42Cl2MnN5O8-5. The van der Waals surface area contributed by atoms with Gasteiger partial charge in [0.15, 0.2) is 0 Å². The number of carbonyl (C=O) groups excluding carboxylic acids is 4. The summed E-state index contributed by atoms with van der Waals surface area (Å²) in [6.45, 7) is 8.42. The van der Waals surface area contributed by atoms with Crippen LogP contribution in [-0.2, 0) is 51.3 Å². The van der Waals surface area contributed by atoms with Crippen LogP contribution in [0.25, 0.3) is 26.6 Å². The molecule has 41 heavy (non-hydrogen) atoms. The molecule has 0 aliphatic carbocycles. The monoisotopic (exact) mass is 665 g/mol. The SMILES string of the molecule is CCC(=O)OCC1C[N-]CC[N-][C@@H](COC(=O)CC)C[N-][C@H](COC(C)=O)C[N-][C@@H](COC(=O)CC)C[N-]1.[Cl][Mn][Cl]. The second-order valence-electron chi connectivity index (χ2n) is 8.71. The van der Waals surface area contributed by atoms with E-state index in [4.69, 9.17) is 39.1 Å². The number of halogens is 2. The number of carbonyl (C=O) groups is 4. The van der Waals surface area contributed by atoms with Gasteiger partial charge in [0, 0.05) is 26.2 Å². The maximum absolute atomic E-state index is 11.7. The fourth-order valence-corrected chi connectivity index (χ4v) is 3.10. The molecule has 1 rings (SSSR count). The van der Waals surface area contributed by atoms with Crippen molar-refractivity contribution in [3.05, 3.63) is 26.6 Å². The Hall–Kier alpha value is -1.22. The van der Waals surface area contributed by atoms with Gasteiger partial charge in [0.1, 0.15) is 0 Å². The third-order valence-corrected chi connectivity index (χ3v) is 5.36. The molecule has 0 bridgehead atoms. The first-order valence-electron chi connectivity index (χ1n) is 13.5. The van der Waals surface area contributed by atoms with Gasteiger partial charge in [-0.2, -0.15) is 39.3 Å². The van der Waals surface area contributed by atoms with Crippen molar-refractivity contribution in [1.29, 1.82) is 0 Å². The quantitative estimate of drug-likeness (QED) is 0.180. The Kier molecular flexibility index (Phi) is 25.6. The number of hydrogen-bond acceptors (Lipinski definition) is 8. The summed E-state index contributed by atoms with van der Waals surface area (Å²) in [6, 6.07) is -1.73. The van der Waals surface area contributed by atoms with E-state index in [9.17, 15) is 19.2 Å². The van der Waals surface area contributed by atoms with Crippen molar-refractivity contribution < 1.29 is 51.3 Å². The molecule has 0 aromatic carbocycles. The summed E-state index contributed by atoms with van der Waals surface area (Å²) in [5.41, 5.74) is 0. The molecule has 1 unspecified atom stereocenters. The van der Waals surface area contributed by atoms with Crippen LogP contribution in [0.4, 0.5) is 0 Å². The van der Waals surface area contributed by atoms with E-state index in [1.807, 2.05) is 0 Å². The number of nitrogens with zero attached hydrogens (tertiary/aromatic N) is 5. The summed E-state index contributed by atoms with van der Waals surface area (Å²) in [5.74, 6) is -1.46. The van der Waals surface area contributed by atoms with E-state index in [1.165, 1.54) is 6.92 Å². The molecule has 1 heterocycles. The molecule has 0 saturated carbocycles. The Bertz CT molecular complexity index is 744. The van der Waals surface area contributed by atoms with Gasteiger partial charge in [-0.25, -0.2) is 0 Å². The van der Waals surface area contributed by atoms with Crippen LogP contribution in [0, 0.1) is 0 Å². The van der Waals surface area contributed by atoms with Gasteiger partial charge in [0.05, 0.1) is 26.4 Å². The van der Waals surface area contributed by atoms with Crippen LogP contribution < -0.4 is 0 Å². The zero-order valence-corrected chi connectivity index (χ0v) is 26.8. The Balaban J connectivity index is 0.00000509. The van der Waals surface area contributed by atoms with E-state index in [1.54, 1.807) is 20.8 Å². The van der Waals surface area contributed by atoms with Crippen LogP contribution in [0.5, 0.6) is 0 Å². The minimum absolute atomic E-state index is 0.00694. The number of hydrogen-bond donors (Lipinski definition) is 0. The van der Waals surface area contributed by atoms with Gasteiger partial charge in [-0.05, 0) is 0 Å². The number of rotatable bonds is 11. The van der Waals surface area contributed by atoms with Crippen LogP contribution in [0.3, 0.4) is 0 Å². The fourth-order valence-electron chi connectivity index (χ4n) is 3.10. The Morgan fingerprint density at radius 1 is 0.610 bits per heavy atom. The van der Waals surface area contributed by atoms with Crippen molar-refractivity contribution in [3.8, 4) is 0 Å². The fraction of sp³-hybridized carbons (Fsp3) is 0.840. The van der Waals surface area contributed by atoms with Gasteiger partial charge in [-0.15, -0.1) is 24.2 Å². The van der Waals surface area contributed by atoms with Crippen LogP contribution in [0.15, 0.2) is 0 Å². The van der Waals surface area contributed by atoms with Gasteiger partial charge < -0.3 is 45.5 Å². The first-order valence-corrected chi connectivity index (χ1v) is 16.7. The van der Waals surface area contributed by atoms with Crippen molar-refractivity contribution in [2.75, 3.05) is 65.7 Å².